The van der Waals surface area contributed by atoms with Crippen molar-refractivity contribution in [3.8, 4) is 0 Å². The van der Waals surface area contributed by atoms with Gasteiger partial charge in [-0.2, -0.15) is 0 Å². The minimum atomic E-state index is -0.519. The van der Waals surface area contributed by atoms with E-state index in [0.717, 1.165) is 11.1 Å². The van der Waals surface area contributed by atoms with Gasteiger partial charge < -0.3 is 10.5 Å². The van der Waals surface area contributed by atoms with Crippen LogP contribution in [0, 0.1) is 5.92 Å². The molecule has 0 saturated heterocycles. The Hall–Kier alpha value is -0.970. The zero-order valence-corrected chi connectivity index (χ0v) is 13.3. The number of carbonyl (C=O) groups excluding carboxylic acids is 1. The quantitative estimate of drug-likeness (QED) is 0.847. The van der Waals surface area contributed by atoms with E-state index in [1.165, 1.54) is 11.8 Å². The molecule has 0 amide bonds. The zero-order chi connectivity index (χ0) is 14.9. The fraction of sp³-hybridized carbons (Fsp3) is 0.400. The lowest BCUT2D eigenvalue weighted by Gasteiger charge is -2.25. The second-order valence-electron chi connectivity index (χ2n) is 5.69. The summed E-state index contributed by atoms with van der Waals surface area (Å²) < 4.78 is 5.47. The smallest absolute Gasteiger partial charge is 0.316 e. The van der Waals surface area contributed by atoms with Gasteiger partial charge in [-0.05, 0) is 49.4 Å². The molecule has 2 N–H and O–H groups in total. The van der Waals surface area contributed by atoms with Gasteiger partial charge in [0.25, 0.3) is 0 Å². The summed E-state index contributed by atoms with van der Waals surface area (Å²) in [6.45, 7) is 5.55. The average molecular weight is 312 g/mol. The molecule has 1 heterocycles. The van der Waals surface area contributed by atoms with Gasteiger partial charge in [-0.1, -0.05) is 23.7 Å². The molecule has 1 aliphatic rings. The maximum Gasteiger partial charge on any atom is 0.316 e. The standard InChI is InChI=1S/C15H18ClNO2S/c1-15(2,3)19-14(18)12-11(8-20-13(12)17)9-4-6-10(16)7-5-9/h4-8,12-13H,17H2,1-3H3. The van der Waals surface area contributed by atoms with Crippen LogP contribution in [0.15, 0.2) is 29.7 Å². The van der Waals surface area contributed by atoms with Gasteiger partial charge in [0.15, 0.2) is 0 Å². The van der Waals surface area contributed by atoms with Gasteiger partial charge in [0.05, 0.1) is 5.37 Å². The number of halogens is 1. The normalized spacial score (nSPS) is 22.6. The van der Waals surface area contributed by atoms with Crippen molar-refractivity contribution >= 4 is 34.9 Å². The van der Waals surface area contributed by atoms with Gasteiger partial charge in [0.2, 0.25) is 0 Å². The first kappa shape index (κ1) is 15.4. The van der Waals surface area contributed by atoms with Crippen molar-refractivity contribution in [3.05, 3.63) is 40.3 Å². The highest BCUT2D eigenvalue weighted by atomic mass is 35.5. The van der Waals surface area contributed by atoms with E-state index in [-0.39, 0.29) is 11.3 Å². The fourth-order valence-corrected chi connectivity index (χ4v) is 3.12. The second-order valence-corrected chi connectivity index (χ2v) is 7.18. The summed E-state index contributed by atoms with van der Waals surface area (Å²) in [6, 6.07) is 7.39. The van der Waals surface area contributed by atoms with E-state index >= 15 is 0 Å². The summed E-state index contributed by atoms with van der Waals surface area (Å²) >= 11 is 7.34. The maximum atomic E-state index is 12.3. The van der Waals surface area contributed by atoms with E-state index in [4.69, 9.17) is 22.1 Å². The molecular weight excluding hydrogens is 294 g/mol. The number of hydrogen-bond acceptors (Lipinski definition) is 4. The molecule has 3 nitrogen and oxygen atoms in total. The summed E-state index contributed by atoms with van der Waals surface area (Å²) in [5, 5.41) is 2.29. The first-order chi connectivity index (χ1) is 9.28. The van der Waals surface area contributed by atoms with Crippen LogP contribution in [0.1, 0.15) is 26.3 Å². The van der Waals surface area contributed by atoms with E-state index in [1.54, 1.807) is 12.1 Å². The van der Waals surface area contributed by atoms with E-state index < -0.39 is 11.5 Å². The Labute approximate surface area is 128 Å². The number of ether oxygens (including phenoxy) is 1. The van der Waals surface area contributed by atoms with Crippen LogP contribution in [0.2, 0.25) is 5.02 Å². The Balaban J connectivity index is 2.24. The summed E-state index contributed by atoms with van der Waals surface area (Å²) in [5.74, 6) is -0.725. The molecule has 1 aromatic rings. The first-order valence-corrected chi connectivity index (χ1v) is 7.70. The molecular formula is C15H18ClNO2S. The molecule has 0 radical (unpaired) electrons. The number of rotatable bonds is 2. The van der Waals surface area contributed by atoms with Crippen LogP contribution in [-0.4, -0.2) is 16.9 Å². The average Bonchev–Trinajstić information content (AvgIpc) is 2.70. The van der Waals surface area contributed by atoms with Gasteiger partial charge in [-0.15, -0.1) is 11.8 Å². The van der Waals surface area contributed by atoms with E-state index in [2.05, 4.69) is 0 Å². The van der Waals surface area contributed by atoms with E-state index in [0.29, 0.717) is 5.02 Å². The third-order valence-corrected chi connectivity index (χ3v) is 4.08. The van der Waals surface area contributed by atoms with Crippen LogP contribution in [0.25, 0.3) is 5.57 Å². The largest absolute Gasteiger partial charge is 0.459 e. The van der Waals surface area contributed by atoms with Crippen LogP contribution in [-0.2, 0) is 9.53 Å². The van der Waals surface area contributed by atoms with E-state index in [1.807, 2.05) is 38.3 Å². The molecule has 0 spiro atoms. The Morgan fingerprint density at radius 2 is 1.90 bits per heavy atom. The summed E-state index contributed by atoms with van der Waals surface area (Å²) in [4.78, 5) is 12.3. The molecule has 0 bridgehead atoms. The number of carbonyl (C=O) groups is 1. The molecule has 2 rings (SSSR count). The molecule has 1 aromatic carbocycles. The summed E-state index contributed by atoms with van der Waals surface area (Å²) in [5.41, 5.74) is 7.37. The van der Waals surface area contributed by atoms with Gasteiger partial charge in [-0.25, -0.2) is 0 Å². The number of thioether (sulfide) groups is 1. The van der Waals surface area contributed by atoms with Gasteiger partial charge >= 0.3 is 5.97 Å². The summed E-state index contributed by atoms with van der Waals surface area (Å²) in [7, 11) is 0. The van der Waals surface area contributed by atoms with E-state index in [9.17, 15) is 4.79 Å². The minimum Gasteiger partial charge on any atom is -0.459 e. The van der Waals surface area contributed by atoms with Crippen molar-refractivity contribution in [1.29, 1.82) is 0 Å². The fourth-order valence-electron chi connectivity index (χ4n) is 2.00. The molecule has 0 saturated carbocycles. The Bertz CT molecular complexity index is 534. The lowest BCUT2D eigenvalue weighted by molar-refractivity contribution is -0.157. The Kier molecular flexibility index (Phi) is 4.47. The van der Waals surface area contributed by atoms with Gasteiger partial charge in [0.1, 0.15) is 11.5 Å². The lowest BCUT2D eigenvalue weighted by atomic mass is 9.93. The Morgan fingerprint density at radius 1 is 1.30 bits per heavy atom. The highest BCUT2D eigenvalue weighted by Crippen LogP contribution is 2.40. The van der Waals surface area contributed by atoms with Crippen LogP contribution in [0.5, 0.6) is 0 Å². The molecule has 108 valence electrons. The predicted molar refractivity (Wildman–Crippen MR) is 84.3 cm³/mol. The molecule has 1 aliphatic heterocycles. The summed E-state index contributed by atoms with van der Waals surface area (Å²) in [6.07, 6.45) is 0. The van der Waals surface area contributed by atoms with Crippen LogP contribution >= 0.6 is 23.4 Å². The Morgan fingerprint density at radius 3 is 2.45 bits per heavy atom. The number of esters is 1. The molecule has 0 aromatic heterocycles. The monoisotopic (exact) mass is 311 g/mol. The second kappa shape index (κ2) is 5.80. The zero-order valence-electron chi connectivity index (χ0n) is 11.7. The number of nitrogens with two attached hydrogens (primary N) is 1. The SMILES string of the molecule is CC(C)(C)OC(=O)C1C(c2ccc(Cl)cc2)=CSC1N. The molecule has 5 heteroatoms. The van der Waals surface area contributed by atoms with Crippen molar-refractivity contribution in [1.82, 2.24) is 0 Å². The highest BCUT2D eigenvalue weighted by molar-refractivity contribution is 8.03. The van der Waals surface area contributed by atoms with Crippen molar-refractivity contribution in [2.45, 2.75) is 31.7 Å². The predicted octanol–water partition coefficient (Wildman–Crippen LogP) is 3.67. The number of benzene rings is 1. The highest BCUT2D eigenvalue weighted by Gasteiger charge is 2.37. The third kappa shape index (κ3) is 3.57. The third-order valence-electron chi connectivity index (χ3n) is 2.85. The molecule has 0 fully saturated rings. The van der Waals surface area contributed by atoms with Crippen LogP contribution < -0.4 is 5.73 Å². The lowest BCUT2D eigenvalue weighted by Crippen LogP contribution is -2.36. The topological polar surface area (TPSA) is 52.3 Å². The molecule has 2 unspecified atom stereocenters. The van der Waals surface area contributed by atoms with Crippen molar-refractivity contribution in [2.75, 3.05) is 0 Å². The minimum absolute atomic E-state index is 0.281. The van der Waals surface area contributed by atoms with Crippen LogP contribution in [0.4, 0.5) is 0 Å². The number of hydrogen-bond donors (Lipinski definition) is 1. The van der Waals surface area contributed by atoms with Gasteiger partial charge in [-0.3, -0.25) is 4.79 Å². The van der Waals surface area contributed by atoms with Crippen molar-refractivity contribution < 1.29 is 9.53 Å². The van der Waals surface area contributed by atoms with Crippen molar-refractivity contribution in [3.63, 3.8) is 0 Å². The molecule has 20 heavy (non-hydrogen) atoms. The maximum absolute atomic E-state index is 12.3. The first-order valence-electron chi connectivity index (χ1n) is 6.38. The van der Waals surface area contributed by atoms with Crippen molar-refractivity contribution in [2.24, 2.45) is 11.7 Å². The molecule has 2 atom stereocenters. The van der Waals surface area contributed by atoms with Gasteiger partial charge in [0, 0.05) is 5.02 Å². The molecule has 0 aliphatic carbocycles. The van der Waals surface area contributed by atoms with Crippen LogP contribution in [0.3, 0.4) is 0 Å².